The van der Waals surface area contributed by atoms with Gasteiger partial charge in [-0.15, -0.1) is 0 Å². The van der Waals surface area contributed by atoms with E-state index in [1.165, 1.54) is 6.08 Å². The van der Waals surface area contributed by atoms with Crippen molar-refractivity contribution >= 4 is 35.3 Å². The average Bonchev–Trinajstić information content (AvgIpc) is 3.16. The van der Waals surface area contributed by atoms with Crippen LogP contribution in [0.2, 0.25) is 5.02 Å². The lowest BCUT2D eigenvalue weighted by molar-refractivity contribution is -0.116. The maximum atomic E-state index is 12.2. The first kappa shape index (κ1) is 18.1. The number of amides is 1. The lowest BCUT2D eigenvalue weighted by atomic mass is 10.1. The molecule has 1 saturated heterocycles. The largest absolute Gasteiger partial charge is 0.468 e. The number of nitrogens with zero attached hydrogens (tertiary/aromatic N) is 1. The van der Waals surface area contributed by atoms with Crippen molar-refractivity contribution in [3.05, 3.63) is 65.1 Å². The molecule has 1 aromatic heterocycles. The van der Waals surface area contributed by atoms with Gasteiger partial charge in [0.15, 0.2) is 0 Å². The maximum Gasteiger partial charge on any atom is 0.244 e. The van der Waals surface area contributed by atoms with E-state index in [0.717, 1.165) is 35.9 Å². The molecule has 6 heteroatoms. The van der Waals surface area contributed by atoms with Gasteiger partial charge in [-0.3, -0.25) is 9.69 Å². The highest BCUT2D eigenvalue weighted by Crippen LogP contribution is 2.24. The van der Waals surface area contributed by atoms with Gasteiger partial charge >= 0.3 is 0 Å². The summed E-state index contributed by atoms with van der Waals surface area (Å²) in [4.78, 5) is 14.6. The van der Waals surface area contributed by atoms with Crippen LogP contribution in [0.3, 0.4) is 0 Å². The Morgan fingerprint density at radius 3 is 2.80 bits per heavy atom. The Morgan fingerprint density at radius 1 is 1.28 bits per heavy atom. The second kappa shape index (κ2) is 9.13. The van der Waals surface area contributed by atoms with Crippen LogP contribution in [-0.4, -0.2) is 41.9 Å². The van der Waals surface area contributed by atoms with Crippen LogP contribution < -0.4 is 5.32 Å². The number of furan rings is 1. The summed E-state index contributed by atoms with van der Waals surface area (Å²) in [5, 5.41) is 3.61. The number of nitrogens with one attached hydrogen (secondary N) is 1. The van der Waals surface area contributed by atoms with Crippen LogP contribution >= 0.6 is 23.4 Å². The molecule has 0 bridgehead atoms. The Bertz CT molecular complexity index is 712. The maximum absolute atomic E-state index is 12.2. The minimum absolute atomic E-state index is 0.0635. The third-order valence-electron chi connectivity index (χ3n) is 4.15. The number of rotatable bonds is 6. The van der Waals surface area contributed by atoms with Crippen LogP contribution in [0.5, 0.6) is 0 Å². The van der Waals surface area contributed by atoms with E-state index in [1.54, 1.807) is 18.4 Å². The van der Waals surface area contributed by atoms with E-state index < -0.39 is 0 Å². The van der Waals surface area contributed by atoms with Gasteiger partial charge < -0.3 is 9.73 Å². The first-order valence-corrected chi connectivity index (χ1v) is 9.83. The molecule has 25 heavy (non-hydrogen) atoms. The number of carbonyl (C=O) groups is 1. The molecule has 0 spiro atoms. The normalized spacial score (nSPS) is 16.8. The van der Waals surface area contributed by atoms with E-state index in [0.29, 0.717) is 11.6 Å². The number of thioether (sulfide) groups is 1. The molecule has 132 valence electrons. The number of carbonyl (C=O) groups excluding carboxylic acids is 1. The number of benzene rings is 1. The van der Waals surface area contributed by atoms with Gasteiger partial charge in [0.1, 0.15) is 5.76 Å². The van der Waals surface area contributed by atoms with Gasteiger partial charge in [-0.25, -0.2) is 0 Å². The minimum Gasteiger partial charge on any atom is -0.468 e. The Balaban J connectivity index is 1.60. The van der Waals surface area contributed by atoms with Gasteiger partial charge in [0.2, 0.25) is 5.91 Å². The third kappa shape index (κ3) is 5.14. The predicted octanol–water partition coefficient (Wildman–Crippen LogP) is 3.85. The highest BCUT2D eigenvalue weighted by molar-refractivity contribution is 7.99. The SMILES string of the molecule is O=C(C=Cc1ccccc1Cl)NCC(c1ccco1)N1CCSCC1. The van der Waals surface area contributed by atoms with Crippen LogP contribution in [0.15, 0.2) is 53.2 Å². The summed E-state index contributed by atoms with van der Waals surface area (Å²) in [7, 11) is 0. The van der Waals surface area contributed by atoms with Crippen molar-refractivity contribution in [3.8, 4) is 0 Å². The molecule has 1 amide bonds. The minimum atomic E-state index is -0.136. The summed E-state index contributed by atoms with van der Waals surface area (Å²) < 4.78 is 5.59. The fraction of sp³-hybridized carbons (Fsp3) is 0.316. The van der Waals surface area contributed by atoms with E-state index in [4.69, 9.17) is 16.0 Å². The van der Waals surface area contributed by atoms with E-state index >= 15 is 0 Å². The molecule has 3 rings (SSSR count). The van der Waals surface area contributed by atoms with Crippen molar-refractivity contribution in [3.63, 3.8) is 0 Å². The van der Waals surface area contributed by atoms with Crippen LogP contribution in [-0.2, 0) is 4.79 Å². The molecule has 2 heterocycles. The van der Waals surface area contributed by atoms with Gasteiger partial charge in [0, 0.05) is 42.2 Å². The molecule has 1 unspecified atom stereocenters. The molecular weight excluding hydrogens is 356 g/mol. The van der Waals surface area contributed by atoms with Crippen molar-refractivity contribution in [2.75, 3.05) is 31.1 Å². The van der Waals surface area contributed by atoms with Gasteiger partial charge in [0.25, 0.3) is 0 Å². The fourth-order valence-corrected chi connectivity index (χ4v) is 3.94. The van der Waals surface area contributed by atoms with Crippen molar-refractivity contribution < 1.29 is 9.21 Å². The number of halogens is 1. The zero-order valence-electron chi connectivity index (χ0n) is 13.9. The molecule has 4 nitrogen and oxygen atoms in total. The van der Waals surface area contributed by atoms with Crippen LogP contribution in [0.25, 0.3) is 6.08 Å². The third-order valence-corrected chi connectivity index (χ3v) is 5.43. The summed E-state index contributed by atoms with van der Waals surface area (Å²) in [6, 6.07) is 11.4. The highest BCUT2D eigenvalue weighted by atomic mass is 35.5. The van der Waals surface area contributed by atoms with Gasteiger partial charge in [-0.1, -0.05) is 29.8 Å². The van der Waals surface area contributed by atoms with Gasteiger partial charge in [0.05, 0.1) is 12.3 Å². The molecular formula is C19H21ClN2O2S. The molecule has 1 atom stereocenters. The monoisotopic (exact) mass is 376 g/mol. The van der Waals surface area contributed by atoms with Crippen LogP contribution in [0.1, 0.15) is 17.4 Å². The zero-order chi connectivity index (χ0) is 17.5. The second-order valence-electron chi connectivity index (χ2n) is 5.78. The molecule has 1 N–H and O–H groups in total. The van der Waals surface area contributed by atoms with E-state index in [-0.39, 0.29) is 11.9 Å². The predicted molar refractivity (Wildman–Crippen MR) is 104 cm³/mol. The Labute approximate surface area is 157 Å². The van der Waals surface area contributed by atoms with Crippen LogP contribution in [0.4, 0.5) is 0 Å². The number of hydrogen-bond donors (Lipinski definition) is 1. The topological polar surface area (TPSA) is 45.5 Å². The Kier molecular flexibility index (Phi) is 6.62. The van der Waals surface area contributed by atoms with Crippen molar-refractivity contribution in [1.29, 1.82) is 0 Å². The highest BCUT2D eigenvalue weighted by Gasteiger charge is 2.24. The summed E-state index contributed by atoms with van der Waals surface area (Å²) in [5.74, 6) is 2.97. The molecule has 2 aromatic rings. The van der Waals surface area contributed by atoms with Crippen molar-refractivity contribution in [2.24, 2.45) is 0 Å². The molecule has 1 fully saturated rings. The molecule has 1 aliphatic rings. The van der Waals surface area contributed by atoms with Crippen LogP contribution in [0, 0.1) is 0 Å². The Hall–Kier alpha value is -1.69. The zero-order valence-corrected chi connectivity index (χ0v) is 15.4. The molecule has 1 aliphatic heterocycles. The lowest BCUT2D eigenvalue weighted by Crippen LogP contribution is -2.41. The van der Waals surface area contributed by atoms with E-state index in [2.05, 4.69) is 10.2 Å². The summed E-state index contributed by atoms with van der Waals surface area (Å²) >= 11 is 8.06. The first-order valence-electron chi connectivity index (χ1n) is 8.29. The molecule has 1 aromatic carbocycles. The van der Waals surface area contributed by atoms with Crippen molar-refractivity contribution in [1.82, 2.24) is 10.2 Å². The van der Waals surface area contributed by atoms with E-state index in [9.17, 15) is 4.79 Å². The average molecular weight is 377 g/mol. The molecule has 0 radical (unpaired) electrons. The van der Waals surface area contributed by atoms with Crippen molar-refractivity contribution in [2.45, 2.75) is 6.04 Å². The quantitative estimate of drug-likeness (QED) is 0.778. The summed E-state index contributed by atoms with van der Waals surface area (Å²) in [5.41, 5.74) is 0.829. The standard InChI is InChI=1S/C19H21ClN2O2S/c20-16-5-2-1-4-15(16)7-8-19(23)21-14-17(18-6-3-11-24-18)22-9-12-25-13-10-22/h1-8,11,17H,9-10,12-14H2,(H,21,23). The Morgan fingerprint density at radius 2 is 2.08 bits per heavy atom. The van der Waals surface area contributed by atoms with E-state index in [1.807, 2.05) is 42.1 Å². The number of hydrogen-bond acceptors (Lipinski definition) is 4. The molecule has 0 aliphatic carbocycles. The summed E-state index contributed by atoms with van der Waals surface area (Å²) in [6.07, 6.45) is 4.93. The molecule has 0 saturated carbocycles. The lowest BCUT2D eigenvalue weighted by Gasteiger charge is -2.33. The summed E-state index contributed by atoms with van der Waals surface area (Å²) in [6.45, 7) is 2.52. The smallest absolute Gasteiger partial charge is 0.244 e. The first-order chi connectivity index (χ1) is 12.2. The fourth-order valence-electron chi connectivity index (χ4n) is 2.81. The van der Waals surface area contributed by atoms with Gasteiger partial charge in [-0.05, 0) is 29.8 Å². The van der Waals surface area contributed by atoms with Gasteiger partial charge in [-0.2, -0.15) is 11.8 Å². The second-order valence-corrected chi connectivity index (χ2v) is 7.41.